The van der Waals surface area contributed by atoms with Gasteiger partial charge in [0.05, 0.1) is 34.2 Å². The monoisotopic (exact) mass is 369 g/mol. The van der Waals surface area contributed by atoms with Gasteiger partial charge in [-0.3, -0.25) is 4.79 Å². The number of benzene rings is 2. The van der Waals surface area contributed by atoms with Crippen molar-refractivity contribution in [3.8, 4) is 11.8 Å². The van der Waals surface area contributed by atoms with Crippen LogP contribution in [0.4, 0.5) is 5.69 Å². The first-order valence-electron chi connectivity index (χ1n) is 7.64. The van der Waals surface area contributed by atoms with Gasteiger partial charge in [0.25, 0.3) is 0 Å². The van der Waals surface area contributed by atoms with Gasteiger partial charge in [-0.2, -0.15) is 5.26 Å². The first-order valence-corrected chi connectivity index (χ1v) is 9.44. The Balaban J connectivity index is 1.61. The van der Waals surface area contributed by atoms with E-state index in [0.29, 0.717) is 17.9 Å². The minimum atomic E-state index is -0.130. The van der Waals surface area contributed by atoms with E-state index in [2.05, 4.69) is 16.4 Å². The molecule has 0 aliphatic rings. The van der Waals surface area contributed by atoms with E-state index in [1.165, 1.54) is 11.8 Å². The molecule has 0 saturated carbocycles. The van der Waals surface area contributed by atoms with Crippen molar-refractivity contribution in [2.75, 3.05) is 17.7 Å². The van der Waals surface area contributed by atoms with Crippen LogP contribution < -0.4 is 10.1 Å². The summed E-state index contributed by atoms with van der Waals surface area (Å²) in [6, 6.07) is 14.7. The fourth-order valence-corrected chi connectivity index (χ4v) is 4.09. The molecule has 1 heterocycles. The lowest BCUT2D eigenvalue weighted by atomic mass is 10.2. The lowest BCUT2D eigenvalue weighted by Crippen LogP contribution is -2.13. The first kappa shape index (κ1) is 17.3. The molecule has 0 saturated heterocycles. The van der Waals surface area contributed by atoms with Crippen LogP contribution in [0, 0.1) is 11.3 Å². The molecule has 1 amide bonds. The summed E-state index contributed by atoms with van der Waals surface area (Å²) in [4.78, 5) is 16.6. The third-order valence-corrected chi connectivity index (χ3v) is 5.41. The number of thioether (sulfide) groups is 1. The minimum Gasteiger partial charge on any atom is -0.494 e. The van der Waals surface area contributed by atoms with Crippen LogP contribution in [0.1, 0.15) is 12.5 Å². The number of nitrogens with one attached hydrogen (secondary N) is 1. The number of hydrogen-bond donors (Lipinski definition) is 1. The number of rotatable bonds is 6. The Labute approximate surface area is 153 Å². The van der Waals surface area contributed by atoms with Gasteiger partial charge >= 0.3 is 0 Å². The SMILES string of the molecule is CCOc1ccc2nc(SCC(=O)Nc3cccc(C#N)c3)sc2c1. The van der Waals surface area contributed by atoms with Crippen LogP contribution in [0.5, 0.6) is 5.75 Å². The smallest absolute Gasteiger partial charge is 0.234 e. The molecule has 0 radical (unpaired) electrons. The van der Waals surface area contributed by atoms with E-state index >= 15 is 0 Å². The Morgan fingerprint density at radius 3 is 3.04 bits per heavy atom. The average Bonchev–Trinajstić information content (AvgIpc) is 3.02. The summed E-state index contributed by atoms with van der Waals surface area (Å²) in [7, 11) is 0. The van der Waals surface area contributed by atoms with Crippen LogP contribution in [0.25, 0.3) is 10.2 Å². The normalized spacial score (nSPS) is 10.4. The van der Waals surface area contributed by atoms with Gasteiger partial charge in [-0.25, -0.2) is 4.98 Å². The fraction of sp³-hybridized carbons (Fsp3) is 0.167. The van der Waals surface area contributed by atoms with E-state index in [1.54, 1.807) is 35.6 Å². The highest BCUT2D eigenvalue weighted by Crippen LogP contribution is 2.31. The molecule has 1 aromatic heterocycles. The molecule has 1 N–H and O–H groups in total. The number of amides is 1. The molecule has 0 fully saturated rings. The van der Waals surface area contributed by atoms with E-state index in [4.69, 9.17) is 10.00 Å². The number of thiazole rings is 1. The second-order valence-corrected chi connectivity index (χ2v) is 7.32. The van der Waals surface area contributed by atoms with Crippen molar-refractivity contribution in [2.24, 2.45) is 0 Å². The molecule has 3 aromatic rings. The lowest BCUT2D eigenvalue weighted by molar-refractivity contribution is -0.113. The van der Waals surface area contributed by atoms with Gasteiger partial charge in [-0.05, 0) is 43.3 Å². The second kappa shape index (κ2) is 8.01. The van der Waals surface area contributed by atoms with E-state index in [-0.39, 0.29) is 11.7 Å². The number of fused-ring (bicyclic) bond motifs is 1. The zero-order valence-corrected chi connectivity index (χ0v) is 15.1. The standard InChI is InChI=1S/C18H15N3O2S2/c1-2-23-14-6-7-15-16(9-14)25-18(21-15)24-11-17(22)20-13-5-3-4-12(8-13)10-19/h3-9H,2,11H2,1H3,(H,20,22). The van der Waals surface area contributed by atoms with Gasteiger partial charge in [0.1, 0.15) is 5.75 Å². The second-order valence-electron chi connectivity index (χ2n) is 5.07. The Bertz CT molecular complexity index is 947. The summed E-state index contributed by atoms with van der Waals surface area (Å²) >= 11 is 2.93. The molecule has 3 rings (SSSR count). The molecule has 7 heteroatoms. The molecular weight excluding hydrogens is 354 g/mol. The molecule has 2 aromatic carbocycles. The minimum absolute atomic E-state index is 0.130. The van der Waals surface area contributed by atoms with Gasteiger partial charge in [0.2, 0.25) is 5.91 Å². The molecule has 0 unspecified atom stereocenters. The van der Waals surface area contributed by atoms with E-state index < -0.39 is 0 Å². The van der Waals surface area contributed by atoms with Gasteiger partial charge < -0.3 is 10.1 Å². The fourth-order valence-electron chi connectivity index (χ4n) is 2.19. The zero-order chi connectivity index (χ0) is 17.6. The molecular formula is C18H15N3O2S2. The number of hydrogen-bond acceptors (Lipinski definition) is 6. The van der Waals surface area contributed by atoms with Crippen LogP contribution in [-0.4, -0.2) is 23.3 Å². The summed E-state index contributed by atoms with van der Waals surface area (Å²) in [5, 5.41) is 11.7. The molecule has 0 atom stereocenters. The summed E-state index contributed by atoms with van der Waals surface area (Å²) in [5.41, 5.74) is 2.04. The maximum absolute atomic E-state index is 12.1. The Morgan fingerprint density at radius 2 is 2.24 bits per heavy atom. The van der Waals surface area contributed by atoms with Crippen LogP contribution >= 0.6 is 23.1 Å². The van der Waals surface area contributed by atoms with E-state index in [1.807, 2.05) is 25.1 Å². The first-order chi connectivity index (χ1) is 12.2. The molecule has 0 spiro atoms. The number of carbonyl (C=O) groups is 1. The molecule has 0 aliphatic heterocycles. The largest absolute Gasteiger partial charge is 0.494 e. The van der Waals surface area contributed by atoms with Crippen LogP contribution in [0.15, 0.2) is 46.8 Å². The van der Waals surface area contributed by atoms with Crippen molar-refractivity contribution in [3.63, 3.8) is 0 Å². The maximum atomic E-state index is 12.1. The van der Waals surface area contributed by atoms with Crippen LogP contribution in [0.3, 0.4) is 0 Å². The van der Waals surface area contributed by atoms with Crippen molar-refractivity contribution in [3.05, 3.63) is 48.0 Å². The average molecular weight is 369 g/mol. The molecule has 25 heavy (non-hydrogen) atoms. The van der Waals surface area contributed by atoms with Crippen molar-refractivity contribution in [2.45, 2.75) is 11.3 Å². The maximum Gasteiger partial charge on any atom is 0.234 e. The van der Waals surface area contributed by atoms with E-state index in [0.717, 1.165) is 20.3 Å². The summed E-state index contributed by atoms with van der Waals surface area (Å²) in [6.07, 6.45) is 0. The molecule has 126 valence electrons. The van der Waals surface area contributed by atoms with E-state index in [9.17, 15) is 4.79 Å². The van der Waals surface area contributed by atoms with Gasteiger partial charge in [0.15, 0.2) is 4.34 Å². The third-order valence-electron chi connectivity index (χ3n) is 3.25. The summed E-state index contributed by atoms with van der Waals surface area (Å²) in [6.45, 7) is 2.57. The van der Waals surface area contributed by atoms with Gasteiger partial charge in [-0.1, -0.05) is 17.8 Å². The number of anilines is 1. The van der Waals surface area contributed by atoms with Crippen molar-refractivity contribution < 1.29 is 9.53 Å². The Hall–Kier alpha value is -2.56. The number of carbonyl (C=O) groups excluding carboxylic acids is 1. The zero-order valence-electron chi connectivity index (χ0n) is 13.5. The Kier molecular flexibility index (Phi) is 5.53. The highest BCUT2D eigenvalue weighted by molar-refractivity contribution is 8.01. The molecule has 5 nitrogen and oxygen atoms in total. The summed E-state index contributed by atoms with van der Waals surface area (Å²) < 4.78 is 7.37. The number of nitrogens with zero attached hydrogens (tertiary/aromatic N) is 2. The van der Waals surface area contributed by atoms with Gasteiger partial charge in [-0.15, -0.1) is 11.3 Å². The number of ether oxygens (including phenoxy) is 1. The van der Waals surface area contributed by atoms with Crippen molar-refractivity contribution in [1.82, 2.24) is 4.98 Å². The van der Waals surface area contributed by atoms with Gasteiger partial charge in [0, 0.05) is 5.69 Å². The topological polar surface area (TPSA) is 75.0 Å². The molecule has 0 bridgehead atoms. The number of aromatic nitrogens is 1. The third kappa shape index (κ3) is 4.50. The Morgan fingerprint density at radius 1 is 1.36 bits per heavy atom. The highest BCUT2D eigenvalue weighted by Gasteiger charge is 2.09. The summed E-state index contributed by atoms with van der Waals surface area (Å²) in [5.74, 6) is 0.953. The number of nitriles is 1. The quantitative estimate of drug-likeness (QED) is 0.656. The van der Waals surface area contributed by atoms with Crippen molar-refractivity contribution in [1.29, 1.82) is 5.26 Å². The lowest BCUT2D eigenvalue weighted by Gasteiger charge is -2.04. The van der Waals surface area contributed by atoms with Crippen LogP contribution in [0.2, 0.25) is 0 Å². The predicted octanol–water partition coefficient (Wildman–Crippen LogP) is 4.30. The van der Waals surface area contributed by atoms with Crippen molar-refractivity contribution >= 4 is 44.9 Å². The predicted molar refractivity (Wildman–Crippen MR) is 101 cm³/mol. The molecule has 0 aliphatic carbocycles. The highest BCUT2D eigenvalue weighted by atomic mass is 32.2. The van der Waals surface area contributed by atoms with Crippen LogP contribution in [-0.2, 0) is 4.79 Å².